The number of esters is 1. The maximum atomic E-state index is 12.5. The van der Waals surface area contributed by atoms with Crippen LogP contribution in [0.4, 0.5) is 17.2 Å². The molecule has 0 bridgehead atoms. The molecule has 4 rings (SSSR count). The summed E-state index contributed by atoms with van der Waals surface area (Å²) in [6.07, 6.45) is 3.23. The monoisotopic (exact) mass is 398 g/mol. The molecule has 1 amide bonds. The van der Waals surface area contributed by atoms with Crippen molar-refractivity contribution in [2.24, 2.45) is 0 Å². The van der Waals surface area contributed by atoms with E-state index >= 15 is 0 Å². The first-order valence-electron chi connectivity index (χ1n) is 9.20. The normalized spacial score (nSPS) is 10.4. The molecular weight excluding hydrogens is 380 g/mol. The number of ether oxygens (including phenoxy) is 1. The second-order valence-electron chi connectivity index (χ2n) is 6.46. The lowest BCUT2D eigenvalue weighted by molar-refractivity contribution is 0.0600. The molecule has 0 fully saturated rings. The number of nitrogens with zero attached hydrogens (tertiary/aromatic N) is 2. The molecule has 7 heteroatoms. The van der Waals surface area contributed by atoms with E-state index in [0.717, 1.165) is 16.6 Å². The number of rotatable bonds is 5. The Morgan fingerprint density at radius 2 is 1.73 bits per heavy atom. The molecule has 148 valence electrons. The van der Waals surface area contributed by atoms with Crippen LogP contribution in [0.3, 0.4) is 0 Å². The summed E-state index contributed by atoms with van der Waals surface area (Å²) in [5.74, 6) is -0.202. The van der Waals surface area contributed by atoms with E-state index in [1.165, 1.54) is 13.3 Å². The van der Waals surface area contributed by atoms with Crippen molar-refractivity contribution in [3.63, 3.8) is 0 Å². The summed E-state index contributed by atoms with van der Waals surface area (Å²) in [4.78, 5) is 32.9. The van der Waals surface area contributed by atoms with Crippen molar-refractivity contribution >= 4 is 40.0 Å². The van der Waals surface area contributed by atoms with Gasteiger partial charge in [-0.2, -0.15) is 0 Å². The molecule has 0 saturated carbocycles. The summed E-state index contributed by atoms with van der Waals surface area (Å²) in [6, 6.07) is 19.7. The van der Waals surface area contributed by atoms with Crippen LogP contribution in [0.15, 0.2) is 79.1 Å². The topological polar surface area (TPSA) is 93.2 Å². The predicted octanol–water partition coefficient (Wildman–Crippen LogP) is 4.41. The Morgan fingerprint density at radius 1 is 0.900 bits per heavy atom. The molecule has 30 heavy (non-hydrogen) atoms. The van der Waals surface area contributed by atoms with Gasteiger partial charge >= 0.3 is 5.97 Å². The maximum absolute atomic E-state index is 12.5. The Balaban J connectivity index is 1.48. The molecule has 0 atom stereocenters. The summed E-state index contributed by atoms with van der Waals surface area (Å²) in [7, 11) is 1.31. The molecule has 0 aliphatic carbocycles. The zero-order valence-corrected chi connectivity index (χ0v) is 16.1. The molecule has 2 N–H and O–H groups in total. The van der Waals surface area contributed by atoms with Crippen LogP contribution >= 0.6 is 0 Å². The molecule has 2 aromatic heterocycles. The van der Waals surface area contributed by atoms with Gasteiger partial charge in [-0.05, 0) is 42.5 Å². The maximum Gasteiger partial charge on any atom is 0.337 e. The Kier molecular flexibility index (Phi) is 5.34. The highest BCUT2D eigenvalue weighted by molar-refractivity contribution is 6.04. The van der Waals surface area contributed by atoms with Gasteiger partial charge in [0.25, 0.3) is 5.91 Å². The first-order chi connectivity index (χ1) is 14.6. The Bertz CT molecular complexity index is 1220. The van der Waals surface area contributed by atoms with Crippen molar-refractivity contribution in [3.8, 4) is 0 Å². The molecule has 2 aromatic carbocycles. The third-order valence-corrected chi connectivity index (χ3v) is 4.46. The van der Waals surface area contributed by atoms with Gasteiger partial charge in [-0.15, -0.1) is 0 Å². The molecule has 0 saturated heterocycles. The van der Waals surface area contributed by atoms with Crippen LogP contribution in [0.25, 0.3) is 10.9 Å². The first-order valence-corrected chi connectivity index (χ1v) is 9.20. The van der Waals surface area contributed by atoms with Gasteiger partial charge in [0.2, 0.25) is 0 Å². The van der Waals surface area contributed by atoms with E-state index < -0.39 is 5.97 Å². The van der Waals surface area contributed by atoms with E-state index in [-0.39, 0.29) is 5.91 Å². The van der Waals surface area contributed by atoms with Crippen molar-refractivity contribution in [1.82, 2.24) is 9.97 Å². The molecule has 7 nitrogen and oxygen atoms in total. The zero-order valence-electron chi connectivity index (χ0n) is 16.1. The molecule has 4 aromatic rings. The van der Waals surface area contributed by atoms with Crippen molar-refractivity contribution in [2.45, 2.75) is 0 Å². The number of carbonyl (C=O) groups is 2. The fourth-order valence-corrected chi connectivity index (χ4v) is 2.99. The summed E-state index contributed by atoms with van der Waals surface area (Å²) in [5, 5.41) is 7.01. The number of hydrogen-bond donors (Lipinski definition) is 2. The Labute approximate surface area is 172 Å². The van der Waals surface area contributed by atoms with Gasteiger partial charge in [0, 0.05) is 23.5 Å². The lowest BCUT2D eigenvalue weighted by atomic mass is 10.2. The fraction of sp³-hybridized carbons (Fsp3) is 0.0435. The number of fused-ring (bicyclic) bond motifs is 1. The van der Waals surface area contributed by atoms with Crippen LogP contribution in [-0.4, -0.2) is 29.0 Å². The van der Waals surface area contributed by atoms with E-state index in [1.54, 1.807) is 42.6 Å². The van der Waals surface area contributed by atoms with Crippen LogP contribution in [0.5, 0.6) is 0 Å². The van der Waals surface area contributed by atoms with Crippen molar-refractivity contribution < 1.29 is 14.3 Å². The number of carbonyl (C=O) groups excluding carboxylic acids is 2. The van der Waals surface area contributed by atoms with E-state index in [4.69, 9.17) is 4.74 Å². The highest BCUT2D eigenvalue weighted by atomic mass is 16.5. The number of aromatic nitrogens is 2. The Hall–Kier alpha value is -4.26. The molecule has 0 radical (unpaired) electrons. The van der Waals surface area contributed by atoms with Crippen LogP contribution in [-0.2, 0) is 4.74 Å². The number of nitrogens with one attached hydrogen (secondary N) is 2. The lowest BCUT2D eigenvalue weighted by Crippen LogP contribution is -2.13. The van der Waals surface area contributed by atoms with Crippen LogP contribution < -0.4 is 10.6 Å². The summed E-state index contributed by atoms with van der Waals surface area (Å²) in [5.41, 5.74) is 2.91. The molecule has 0 aliphatic heterocycles. The highest BCUT2D eigenvalue weighted by Gasteiger charge is 2.10. The predicted molar refractivity (Wildman–Crippen MR) is 115 cm³/mol. The lowest BCUT2D eigenvalue weighted by Gasteiger charge is -2.09. The van der Waals surface area contributed by atoms with Gasteiger partial charge in [0.05, 0.1) is 29.4 Å². The summed E-state index contributed by atoms with van der Waals surface area (Å²) >= 11 is 0. The van der Waals surface area contributed by atoms with Crippen LogP contribution in [0, 0.1) is 0 Å². The molecule has 0 unspecified atom stereocenters. The molecule has 0 spiro atoms. The molecule has 0 aliphatic rings. The van der Waals surface area contributed by atoms with E-state index in [9.17, 15) is 9.59 Å². The SMILES string of the molecule is COC(=O)c1cccc(NC(=O)c2ccc(Nc3cccc4cccnc34)nc2)c1. The van der Waals surface area contributed by atoms with Crippen molar-refractivity contribution in [3.05, 3.63) is 90.3 Å². The third kappa shape index (κ3) is 4.10. The minimum atomic E-state index is -0.467. The van der Waals surface area contributed by atoms with Gasteiger partial charge < -0.3 is 15.4 Å². The van der Waals surface area contributed by atoms with Crippen molar-refractivity contribution in [2.75, 3.05) is 17.7 Å². The van der Waals surface area contributed by atoms with Gasteiger partial charge in [-0.25, -0.2) is 9.78 Å². The van der Waals surface area contributed by atoms with Gasteiger partial charge in [-0.1, -0.05) is 24.3 Å². The van der Waals surface area contributed by atoms with Crippen molar-refractivity contribution in [1.29, 1.82) is 0 Å². The first kappa shape index (κ1) is 19.1. The smallest absolute Gasteiger partial charge is 0.337 e. The highest BCUT2D eigenvalue weighted by Crippen LogP contribution is 2.23. The van der Waals surface area contributed by atoms with E-state index in [2.05, 4.69) is 20.6 Å². The van der Waals surface area contributed by atoms with Crippen LogP contribution in [0.1, 0.15) is 20.7 Å². The number of methoxy groups -OCH3 is 1. The number of benzene rings is 2. The summed E-state index contributed by atoms with van der Waals surface area (Å²) in [6.45, 7) is 0. The molecule has 2 heterocycles. The number of pyridine rings is 2. The van der Waals surface area contributed by atoms with Gasteiger partial charge in [0.15, 0.2) is 0 Å². The van der Waals surface area contributed by atoms with Gasteiger partial charge in [-0.3, -0.25) is 9.78 Å². The second-order valence-corrected chi connectivity index (χ2v) is 6.46. The minimum Gasteiger partial charge on any atom is -0.465 e. The average molecular weight is 398 g/mol. The number of para-hydroxylation sites is 1. The molecular formula is C23H18N4O3. The summed E-state index contributed by atoms with van der Waals surface area (Å²) < 4.78 is 4.70. The van der Waals surface area contributed by atoms with E-state index in [1.807, 2.05) is 30.3 Å². The zero-order chi connectivity index (χ0) is 20.9. The number of anilines is 3. The average Bonchev–Trinajstić information content (AvgIpc) is 2.79. The minimum absolute atomic E-state index is 0.331. The quantitative estimate of drug-likeness (QED) is 0.484. The third-order valence-electron chi connectivity index (χ3n) is 4.46. The second kappa shape index (κ2) is 8.40. The Morgan fingerprint density at radius 3 is 2.53 bits per heavy atom. The number of hydrogen-bond acceptors (Lipinski definition) is 6. The fourth-order valence-electron chi connectivity index (χ4n) is 2.99. The van der Waals surface area contributed by atoms with E-state index in [0.29, 0.717) is 22.6 Å². The largest absolute Gasteiger partial charge is 0.465 e. The van der Waals surface area contributed by atoms with Crippen LogP contribution in [0.2, 0.25) is 0 Å². The standard InChI is InChI=1S/C23H18N4O3/c1-30-23(29)16-6-2-8-18(13-16)26-22(28)17-10-11-20(25-14-17)27-19-9-3-5-15-7-4-12-24-21(15)19/h2-14H,1H3,(H,25,27)(H,26,28). The number of amides is 1. The van der Waals surface area contributed by atoms with Gasteiger partial charge in [0.1, 0.15) is 5.82 Å².